The lowest BCUT2D eigenvalue weighted by atomic mass is 10.0. The number of rotatable bonds is 3. The summed E-state index contributed by atoms with van der Waals surface area (Å²) in [6.45, 7) is 1.88. The quantitative estimate of drug-likeness (QED) is 0.916. The van der Waals surface area contributed by atoms with Crippen LogP contribution in [0.3, 0.4) is 0 Å². The Balaban J connectivity index is 1.81. The third-order valence-corrected chi connectivity index (χ3v) is 3.76. The Morgan fingerprint density at radius 3 is 2.67 bits per heavy atom. The lowest BCUT2D eigenvalue weighted by Crippen LogP contribution is -2.27. The van der Waals surface area contributed by atoms with Gasteiger partial charge in [-0.2, -0.15) is 0 Å². The van der Waals surface area contributed by atoms with Crippen LogP contribution in [0.5, 0.6) is 0 Å². The Hall–Kier alpha value is -2.42. The Labute approximate surface area is 126 Å². The van der Waals surface area contributed by atoms with Crippen LogP contribution in [0.2, 0.25) is 0 Å². The molecule has 1 N–H and O–H groups in total. The fraction of sp³-hybridized carbons (Fsp3) is 0.222. The van der Waals surface area contributed by atoms with Crippen molar-refractivity contribution in [3.05, 3.63) is 77.8 Å². The van der Waals surface area contributed by atoms with Gasteiger partial charge in [0.2, 0.25) is 0 Å². The van der Waals surface area contributed by atoms with Crippen molar-refractivity contribution in [3.8, 4) is 0 Å². The molecule has 21 heavy (non-hydrogen) atoms. The molecule has 3 rings (SSSR count). The summed E-state index contributed by atoms with van der Waals surface area (Å²) < 4.78 is 0. The first-order valence-corrected chi connectivity index (χ1v) is 7.25. The molecule has 0 aliphatic carbocycles. The molecular weight excluding hydrogens is 258 g/mol. The molecule has 0 atom stereocenters. The number of nitrogens with one attached hydrogen (secondary N) is 1. The molecule has 0 radical (unpaired) electrons. The van der Waals surface area contributed by atoms with Gasteiger partial charge in [-0.1, -0.05) is 30.4 Å². The van der Waals surface area contributed by atoms with Gasteiger partial charge in [0, 0.05) is 32.9 Å². The molecule has 0 unspecified atom stereocenters. The van der Waals surface area contributed by atoms with E-state index in [-0.39, 0.29) is 0 Å². The normalized spacial score (nSPS) is 18.1. The number of nitrogens with zero attached hydrogens (tertiary/aromatic N) is 2. The van der Waals surface area contributed by atoms with Crippen molar-refractivity contribution in [2.24, 2.45) is 0 Å². The van der Waals surface area contributed by atoms with Gasteiger partial charge >= 0.3 is 0 Å². The second kappa shape index (κ2) is 5.92. The van der Waals surface area contributed by atoms with Gasteiger partial charge in [0.05, 0.1) is 0 Å². The van der Waals surface area contributed by atoms with Crippen molar-refractivity contribution in [1.82, 2.24) is 9.80 Å². The van der Waals surface area contributed by atoms with Crippen LogP contribution in [0.25, 0.3) is 0 Å². The maximum absolute atomic E-state index is 3.50. The molecule has 2 aliphatic heterocycles. The number of hydrogen-bond acceptors (Lipinski definition) is 3. The van der Waals surface area contributed by atoms with Crippen LogP contribution in [0.4, 0.5) is 5.69 Å². The zero-order valence-electron chi connectivity index (χ0n) is 12.6. The Morgan fingerprint density at radius 1 is 1.10 bits per heavy atom. The van der Waals surface area contributed by atoms with E-state index in [1.807, 2.05) is 18.2 Å². The summed E-state index contributed by atoms with van der Waals surface area (Å²) in [6, 6.07) is 10.3. The summed E-state index contributed by atoms with van der Waals surface area (Å²) in [6.07, 6.45) is 10.9. The molecule has 0 saturated carbocycles. The maximum Gasteiger partial charge on any atom is 0.106 e. The smallest absolute Gasteiger partial charge is 0.106 e. The average molecular weight is 279 g/mol. The van der Waals surface area contributed by atoms with E-state index in [2.05, 4.69) is 71.8 Å². The van der Waals surface area contributed by atoms with Crippen molar-refractivity contribution in [2.45, 2.75) is 0 Å². The monoisotopic (exact) mass is 279 g/mol. The van der Waals surface area contributed by atoms with Crippen LogP contribution < -0.4 is 5.32 Å². The molecule has 0 fully saturated rings. The SMILES string of the molecule is CN1C=CC=C(C2=CCN(C)C(Nc3ccccc3)=C2)C1. The van der Waals surface area contributed by atoms with E-state index < -0.39 is 0 Å². The Morgan fingerprint density at radius 2 is 1.90 bits per heavy atom. The molecule has 108 valence electrons. The molecule has 3 heteroatoms. The first-order chi connectivity index (χ1) is 10.2. The van der Waals surface area contributed by atoms with Crippen LogP contribution in [-0.4, -0.2) is 37.0 Å². The summed E-state index contributed by atoms with van der Waals surface area (Å²) in [5.74, 6) is 1.14. The number of anilines is 1. The lowest BCUT2D eigenvalue weighted by Gasteiger charge is -2.29. The molecule has 2 aliphatic rings. The summed E-state index contributed by atoms with van der Waals surface area (Å²) in [7, 11) is 4.21. The number of benzene rings is 1. The van der Waals surface area contributed by atoms with Gasteiger partial charge in [0.25, 0.3) is 0 Å². The van der Waals surface area contributed by atoms with E-state index in [9.17, 15) is 0 Å². The Bertz CT molecular complexity index is 623. The van der Waals surface area contributed by atoms with Crippen LogP contribution in [-0.2, 0) is 0 Å². The molecule has 1 aromatic carbocycles. The molecule has 3 nitrogen and oxygen atoms in total. The zero-order valence-corrected chi connectivity index (χ0v) is 12.6. The van der Waals surface area contributed by atoms with E-state index in [0.29, 0.717) is 0 Å². The van der Waals surface area contributed by atoms with Crippen LogP contribution in [0.1, 0.15) is 0 Å². The van der Waals surface area contributed by atoms with Crippen LogP contribution in [0.15, 0.2) is 77.8 Å². The predicted octanol–water partition coefficient (Wildman–Crippen LogP) is 3.20. The first kappa shape index (κ1) is 13.6. The van der Waals surface area contributed by atoms with E-state index in [1.165, 1.54) is 11.1 Å². The summed E-state index contributed by atoms with van der Waals surface area (Å²) in [5, 5.41) is 3.50. The highest BCUT2D eigenvalue weighted by atomic mass is 15.2. The minimum atomic E-state index is 0.922. The van der Waals surface area contributed by atoms with E-state index >= 15 is 0 Å². The third kappa shape index (κ3) is 3.19. The maximum atomic E-state index is 3.50. The molecule has 0 spiro atoms. The summed E-state index contributed by atoms with van der Waals surface area (Å²) in [4.78, 5) is 4.42. The van der Waals surface area contributed by atoms with Gasteiger partial charge in [-0.25, -0.2) is 0 Å². The number of allylic oxidation sites excluding steroid dienone is 3. The highest BCUT2D eigenvalue weighted by molar-refractivity contribution is 5.53. The second-order valence-electron chi connectivity index (χ2n) is 5.51. The van der Waals surface area contributed by atoms with E-state index in [4.69, 9.17) is 0 Å². The van der Waals surface area contributed by atoms with Crippen molar-refractivity contribution in [2.75, 3.05) is 32.5 Å². The minimum absolute atomic E-state index is 0.922. The lowest BCUT2D eigenvalue weighted by molar-refractivity contribution is 0.459. The van der Waals surface area contributed by atoms with Crippen molar-refractivity contribution in [1.29, 1.82) is 0 Å². The average Bonchev–Trinajstić information content (AvgIpc) is 2.50. The molecule has 0 aromatic heterocycles. The molecule has 0 bridgehead atoms. The number of likely N-dealkylation sites (N-methyl/N-ethyl adjacent to an activating group) is 2. The predicted molar refractivity (Wildman–Crippen MR) is 88.7 cm³/mol. The van der Waals surface area contributed by atoms with Crippen molar-refractivity contribution in [3.63, 3.8) is 0 Å². The van der Waals surface area contributed by atoms with E-state index in [1.54, 1.807) is 0 Å². The van der Waals surface area contributed by atoms with Gasteiger partial charge < -0.3 is 15.1 Å². The van der Waals surface area contributed by atoms with Gasteiger partial charge in [0.15, 0.2) is 0 Å². The standard InChI is InChI=1S/C18H21N3/c1-20-11-6-7-16(14-20)15-10-12-21(2)18(13-15)19-17-8-4-3-5-9-17/h3-11,13,19H,12,14H2,1-2H3. The van der Waals surface area contributed by atoms with Crippen LogP contribution >= 0.6 is 0 Å². The second-order valence-corrected chi connectivity index (χ2v) is 5.51. The van der Waals surface area contributed by atoms with Gasteiger partial charge in [-0.15, -0.1) is 0 Å². The molecule has 2 heterocycles. The molecular formula is C18H21N3. The van der Waals surface area contributed by atoms with Gasteiger partial charge in [-0.3, -0.25) is 0 Å². The molecule has 1 aromatic rings. The fourth-order valence-electron chi connectivity index (χ4n) is 2.54. The molecule has 0 saturated heterocycles. The van der Waals surface area contributed by atoms with E-state index in [0.717, 1.165) is 24.6 Å². The first-order valence-electron chi connectivity index (χ1n) is 7.25. The van der Waals surface area contributed by atoms with Gasteiger partial charge in [0.1, 0.15) is 5.82 Å². The highest BCUT2D eigenvalue weighted by Gasteiger charge is 2.14. The topological polar surface area (TPSA) is 18.5 Å². The summed E-state index contributed by atoms with van der Waals surface area (Å²) in [5.41, 5.74) is 3.79. The van der Waals surface area contributed by atoms with Crippen LogP contribution in [0, 0.1) is 0 Å². The zero-order chi connectivity index (χ0) is 14.7. The van der Waals surface area contributed by atoms with Crippen molar-refractivity contribution < 1.29 is 0 Å². The fourth-order valence-corrected chi connectivity index (χ4v) is 2.54. The number of para-hydroxylation sites is 1. The minimum Gasteiger partial charge on any atom is -0.376 e. The highest BCUT2D eigenvalue weighted by Crippen LogP contribution is 2.23. The summed E-state index contributed by atoms with van der Waals surface area (Å²) >= 11 is 0. The molecule has 0 amide bonds. The number of hydrogen-bond donors (Lipinski definition) is 1. The van der Waals surface area contributed by atoms with Gasteiger partial charge in [-0.05, 0) is 41.6 Å². The van der Waals surface area contributed by atoms with Crippen molar-refractivity contribution >= 4 is 5.69 Å². The third-order valence-electron chi connectivity index (χ3n) is 3.76. The largest absolute Gasteiger partial charge is 0.376 e. The Kier molecular flexibility index (Phi) is 3.82.